The van der Waals surface area contributed by atoms with Crippen LogP contribution >= 0.6 is 0 Å². The van der Waals surface area contributed by atoms with Gasteiger partial charge in [0.05, 0.1) is 36.7 Å². The van der Waals surface area contributed by atoms with Crippen LogP contribution in [0.15, 0.2) is 24.3 Å². The number of nitrogens with zero attached hydrogens (tertiary/aromatic N) is 4. The van der Waals surface area contributed by atoms with E-state index < -0.39 is 0 Å². The van der Waals surface area contributed by atoms with Crippen LogP contribution in [0.25, 0.3) is 11.0 Å². The molecular weight excluding hydrogens is 252 g/mol. The monoisotopic (exact) mass is 272 g/mol. The van der Waals surface area contributed by atoms with E-state index in [0.29, 0.717) is 26.1 Å². The molecule has 0 aliphatic carbocycles. The lowest BCUT2D eigenvalue weighted by Crippen LogP contribution is -2.27. The van der Waals surface area contributed by atoms with Crippen molar-refractivity contribution in [3.63, 3.8) is 0 Å². The highest BCUT2D eigenvalue weighted by Crippen LogP contribution is 2.17. The van der Waals surface area contributed by atoms with E-state index in [0.717, 1.165) is 23.4 Å². The van der Waals surface area contributed by atoms with Crippen LogP contribution < -0.4 is 0 Å². The number of benzene rings is 1. The average Bonchev–Trinajstić information content (AvgIpc) is 2.82. The van der Waals surface area contributed by atoms with Crippen molar-refractivity contribution >= 4 is 11.0 Å². The van der Waals surface area contributed by atoms with Gasteiger partial charge in [0.25, 0.3) is 0 Å². The number of aryl methyl sites for hydroxylation is 1. The van der Waals surface area contributed by atoms with Crippen molar-refractivity contribution in [1.82, 2.24) is 14.5 Å². The quantitative estimate of drug-likeness (QED) is 0.834. The minimum Gasteiger partial charge on any atom is -0.395 e. The molecule has 0 saturated heterocycles. The Kier molecular flexibility index (Phi) is 5.10. The smallest absolute Gasteiger partial charge is 0.124 e. The number of fused-ring (bicyclic) bond motifs is 1. The third-order valence-electron chi connectivity index (χ3n) is 3.41. The zero-order valence-corrected chi connectivity index (χ0v) is 11.8. The molecule has 0 aliphatic heterocycles. The van der Waals surface area contributed by atoms with E-state index in [1.165, 1.54) is 0 Å². The summed E-state index contributed by atoms with van der Waals surface area (Å²) in [6.07, 6.45) is 0.472. The van der Waals surface area contributed by atoms with E-state index in [4.69, 9.17) is 10.4 Å². The molecule has 0 amide bonds. The first kappa shape index (κ1) is 14.5. The van der Waals surface area contributed by atoms with Crippen LogP contribution in [0.5, 0.6) is 0 Å². The van der Waals surface area contributed by atoms with Gasteiger partial charge in [-0.2, -0.15) is 5.26 Å². The van der Waals surface area contributed by atoms with Gasteiger partial charge >= 0.3 is 0 Å². The van der Waals surface area contributed by atoms with Crippen LogP contribution in [-0.4, -0.2) is 39.3 Å². The lowest BCUT2D eigenvalue weighted by molar-refractivity contribution is 0.192. The van der Waals surface area contributed by atoms with Gasteiger partial charge in [0.15, 0.2) is 0 Å². The van der Waals surface area contributed by atoms with Crippen LogP contribution in [0.4, 0.5) is 0 Å². The summed E-state index contributed by atoms with van der Waals surface area (Å²) in [5.74, 6) is 0.955. The van der Waals surface area contributed by atoms with Crippen molar-refractivity contribution in [3.8, 4) is 6.07 Å². The van der Waals surface area contributed by atoms with E-state index in [2.05, 4.69) is 27.4 Å². The molecule has 0 aliphatic rings. The minimum absolute atomic E-state index is 0.145. The van der Waals surface area contributed by atoms with Crippen LogP contribution in [0.1, 0.15) is 19.2 Å². The summed E-state index contributed by atoms with van der Waals surface area (Å²) in [6.45, 7) is 5.06. The lowest BCUT2D eigenvalue weighted by Gasteiger charge is -2.19. The molecule has 5 nitrogen and oxygen atoms in total. The summed E-state index contributed by atoms with van der Waals surface area (Å²) in [5.41, 5.74) is 2.03. The van der Waals surface area contributed by atoms with Crippen molar-refractivity contribution in [1.29, 1.82) is 5.26 Å². The number of para-hydroxylation sites is 2. The van der Waals surface area contributed by atoms with Gasteiger partial charge in [0, 0.05) is 13.1 Å². The van der Waals surface area contributed by atoms with Crippen LogP contribution in [0, 0.1) is 11.3 Å². The Hall–Kier alpha value is -1.90. The molecule has 0 saturated carbocycles. The van der Waals surface area contributed by atoms with Gasteiger partial charge < -0.3 is 9.67 Å². The highest BCUT2D eigenvalue weighted by atomic mass is 16.3. The number of hydrogen-bond acceptors (Lipinski definition) is 4. The van der Waals surface area contributed by atoms with Crippen LogP contribution in [0.3, 0.4) is 0 Å². The molecule has 1 aromatic heterocycles. The van der Waals surface area contributed by atoms with Crippen molar-refractivity contribution in [2.75, 3.05) is 19.7 Å². The fraction of sp³-hybridized carbons (Fsp3) is 0.467. The first-order valence-electron chi connectivity index (χ1n) is 6.94. The van der Waals surface area contributed by atoms with Crippen molar-refractivity contribution in [2.24, 2.45) is 0 Å². The summed E-state index contributed by atoms with van der Waals surface area (Å²) in [7, 11) is 0. The average molecular weight is 272 g/mol. The third kappa shape index (κ3) is 3.16. The summed E-state index contributed by atoms with van der Waals surface area (Å²) in [4.78, 5) is 6.81. The van der Waals surface area contributed by atoms with Gasteiger partial charge in [0.2, 0.25) is 0 Å². The molecule has 106 valence electrons. The predicted octanol–water partition coefficient (Wildman–Crippen LogP) is 1.76. The standard InChI is InChI=1S/C15H20N4O/c1-2-18(10-11-20)12-15-17-13-6-3-4-7-14(13)19(15)9-5-8-16/h3-4,6-7,20H,2,5,9-12H2,1H3. The largest absolute Gasteiger partial charge is 0.395 e. The van der Waals surface area contributed by atoms with Gasteiger partial charge in [-0.1, -0.05) is 19.1 Å². The SMILES string of the molecule is CCN(CCO)Cc1nc2ccccc2n1CCC#N. The van der Waals surface area contributed by atoms with Gasteiger partial charge in [-0.25, -0.2) is 4.98 Å². The molecular formula is C15H20N4O. The second kappa shape index (κ2) is 7.04. The predicted molar refractivity (Wildman–Crippen MR) is 78.0 cm³/mol. The Labute approximate surface area is 119 Å². The van der Waals surface area contributed by atoms with Gasteiger partial charge in [-0.05, 0) is 18.7 Å². The molecule has 0 bridgehead atoms. The number of imidazole rings is 1. The molecule has 0 unspecified atom stereocenters. The van der Waals surface area contributed by atoms with Gasteiger partial charge in [0.1, 0.15) is 5.82 Å². The zero-order chi connectivity index (χ0) is 14.4. The maximum atomic E-state index is 9.08. The topological polar surface area (TPSA) is 65.1 Å². The number of aliphatic hydroxyl groups excluding tert-OH is 1. The fourth-order valence-electron chi connectivity index (χ4n) is 2.35. The summed E-state index contributed by atoms with van der Waals surface area (Å²) in [5, 5.41) is 17.9. The number of aliphatic hydroxyl groups is 1. The maximum Gasteiger partial charge on any atom is 0.124 e. The van der Waals surface area contributed by atoms with Crippen molar-refractivity contribution in [3.05, 3.63) is 30.1 Å². The van der Waals surface area contributed by atoms with E-state index in [9.17, 15) is 0 Å². The Morgan fingerprint density at radius 2 is 2.20 bits per heavy atom. The molecule has 1 N–H and O–H groups in total. The number of nitriles is 1. The number of rotatable bonds is 7. The number of hydrogen-bond donors (Lipinski definition) is 1. The van der Waals surface area contributed by atoms with Crippen LogP contribution in [0.2, 0.25) is 0 Å². The summed E-state index contributed by atoms with van der Waals surface area (Å²) in [6, 6.07) is 10.2. The van der Waals surface area contributed by atoms with Gasteiger partial charge in [-0.15, -0.1) is 0 Å². The second-order valence-electron chi connectivity index (χ2n) is 4.67. The molecule has 2 aromatic rings. The lowest BCUT2D eigenvalue weighted by atomic mass is 10.3. The highest BCUT2D eigenvalue weighted by Gasteiger charge is 2.13. The molecule has 20 heavy (non-hydrogen) atoms. The third-order valence-corrected chi connectivity index (χ3v) is 3.41. The molecule has 0 fully saturated rings. The van der Waals surface area contributed by atoms with E-state index >= 15 is 0 Å². The Morgan fingerprint density at radius 3 is 2.90 bits per heavy atom. The summed E-state index contributed by atoms with van der Waals surface area (Å²) < 4.78 is 2.11. The fourth-order valence-corrected chi connectivity index (χ4v) is 2.35. The van der Waals surface area contributed by atoms with Crippen LogP contribution in [-0.2, 0) is 13.1 Å². The first-order valence-corrected chi connectivity index (χ1v) is 6.94. The normalized spacial score (nSPS) is 11.1. The van der Waals surface area contributed by atoms with E-state index in [1.54, 1.807) is 0 Å². The highest BCUT2D eigenvalue weighted by molar-refractivity contribution is 5.75. The number of aromatic nitrogens is 2. The zero-order valence-electron chi connectivity index (χ0n) is 11.8. The Balaban J connectivity index is 2.33. The van der Waals surface area contributed by atoms with E-state index in [-0.39, 0.29) is 6.61 Å². The molecule has 1 aromatic carbocycles. The summed E-state index contributed by atoms with van der Waals surface area (Å²) >= 11 is 0. The molecule has 0 atom stereocenters. The molecule has 2 rings (SSSR count). The van der Waals surface area contributed by atoms with Gasteiger partial charge in [-0.3, -0.25) is 4.90 Å². The maximum absolute atomic E-state index is 9.08. The molecule has 1 heterocycles. The second-order valence-corrected chi connectivity index (χ2v) is 4.67. The Morgan fingerprint density at radius 1 is 1.40 bits per heavy atom. The number of likely N-dealkylation sites (N-methyl/N-ethyl adjacent to an activating group) is 1. The van der Waals surface area contributed by atoms with E-state index in [1.807, 2.05) is 24.3 Å². The minimum atomic E-state index is 0.145. The first-order chi connectivity index (χ1) is 9.80. The van der Waals surface area contributed by atoms with Crippen molar-refractivity contribution < 1.29 is 5.11 Å². The Bertz CT molecular complexity index is 599. The molecule has 0 radical (unpaired) electrons. The molecule has 5 heteroatoms. The van der Waals surface area contributed by atoms with Crippen molar-refractivity contribution in [2.45, 2.75) is 26.4 Å². The molecule has 0 spiro atoms.